The van der Waals surface area contributed by atoms with E-state index >= 15 is 0 Å². The number of alkyl halides is 3. The molecule has 1 aliphatic rings. The van der Waals surface area contributed by atoms with Crippen molar-refractivity contribution in [2.75, 3.05) is 0 Å². The van der Waals surface area contributed by atoms with Crippen molar-refractivity contribution >= 4 is 28.4 Å². The first-order valence-electron chi connectivity index (χ1n) is 2.66. The zero-order valence-electron chi connectivity index (χ0n) is 4.78. The summed E-state index contributed by atoms with van der Waals surface area (Å²) in [4.78, 5) is 10.2. The number of carbonyl (C=O) groups is 1. The topological polar surface area (TPSA) is 17.1 Å². The molecular weight excluding hydrogens is 185 g/mol. The Morgan fingerprint density at radius 3 is 2.20 bits per heavy atom. The third-order valence-electron chi connectivity index (χ3n) is 1.44. The van der Waals surface area contributed by atoms with Gasteiger partial charge in [-0.3, -0.25) is 4.79 Å². The van der Waals surface area contributed by atoms with Crippen molar-refractivity contribution in [3.05, 3.63) is 0 Å². The molecule has 1 saturated carbocycles. The zero-order valence-corrected chi connectivity index (χ0v) is 6.29. The van der Waals surface area contributed by atoms with Crippen LogP contribution in [0.2, 0.25) is 0 Å². The smallest absolute Gasteiger partial charge is 0.253 e. The SMILES string of the molecule is O=C(Cl)C(Cl)C1CC1(F)F. The molecule has 2 atom stereocenters. The fourth-order valence-corrected chi connectivity index (χ4v) is 1.14. The number of halogens is 4. The van der Waals surface area contributed by atoms with Crippen LogP contribution in [0.4, 0.5) is 8.78 Å². The predicted molar refractivity (Wildman–Crippen MR) is 33.6 cm³/mol. The molecule has 0 aliphatic heterocycles. The van der Waals surface area contributed by atoms with E-state index in [9.17, 15) is 13.6 Å². The second kappa shape index (κ2) is 2.31. The molecule has 0 amide bonds. The molecule has 10 heavy (non-hydrogen) atoms. The van der Waals surface area contributed by atoms with E-state index in [0.29, 0.717) is 0 Å². The maximum absolute atomic E-state index is 12.1. The first kappa shape index (κ1) is 8.21. The average molecular weight is 189 g/mol. The molecule has 0 aromatic rings. The van der Waals surface area contributed by atoms with Crippen molar-refractivity contribution in [1.29, 1.82) is 0 Å². The second-order valence-electron chi connectivity index (χ2n) is 2.28. The fraction of sp³-hybridized carbons (Fsp3) is 0.800. The average Bonchev–Trinajstić information content (AvgIpc) is 2.38. The quantitative estimate of drug-likeness (QED) is 0.479. The first-order valence-corrected chi connectivity index (χ1v) is 3.48. The van der Waals surface area contributed by atoms with Gasteiger partial charge in [0.25, 0.3) is 5.92 Å². The van der Waals surface area contributed by atoms with Gasteiger partial charge in [-0.1, -0.05) is 0 Å². The summed E-state index contributed by atoms with van der Waals surface area (Å²) in [7, 11) is 0. The molecular formula is C5H4Cl2F2O. The lowest BCUT2D eigenvalue weighted by Gasteiger charge is -1.99. The number of hydrogen-bond acceptors (Lipinski definition) is 1. The van der Waals surface area contributed by atoms with E-state index in [1.165, 1.54) is 0 Å². The van der Waals surface area contributed by atoms with E-state index in [-0.39, 0.29) is 6.42 Å². The molecule has 0 saturated heterocycles. The Bertz CT molecular complexity index is 171. The number of carbonyl (C=O) groups excluding carboxylic acids is 1. The van der Waals surface area contributed by atoms with Crippen LogP contribution < -0.4 is 0 Å². The van der Waals surface area contributed by atoms with E-state index in [2.05, 4.69) is 0 Å². The van der Waals surface area contributed by atoms with E-state index in [1.807, 2.05) is 0 Å². The first-order chi connectivity index (χ1) is 4.45. The summed E-state index contributed by atoms with van der Waals surface area (Å²) >= 11 is 10.1. The molecule has 1 aliphatic carbocycles. The van der Waals surface area contributed by atoms with Crippen molar-refractivity contribution in [3.8, 4) is 0 Å². The van der Waals surface area contributed by atoms with Crippen LogP contribution in [0.25, 0.3) is 0 Å². The van der Waals surface area contributed by atoms with Crippen LogP contribution in [0, 0.1) is 5.92 Å². The Morgan fingerprint density at radius 2 is 2.10 bits per heavy atom. The van der Waals surface area contributed by atoms with E-state index in [1.54, 1.807) is 0 Å². The van der Waals surface area contributed by atoms with Gasteiger partial charge in [0.2, 0.25) is 5.24 Å². The molecule has 1 rings (SSSR count). The Balaban J connectivity index is 2.47. The summed E-state index contributed by atoms with van der Waals surface area (Å²) in [6, 6.07) is 0. The molecule has 0 spiro atoms. The lowest BCUT2D eigenvalue weighted by molar-refractivity contribution is -0.112. The molecule has 0 radical (unpaired) electrons. The molecule has 1 nitrogen and oxygen atoms in total. The largest absolute Gasteiger partial charge is 0.280 e. The van der Waals surface area contributed by atoms with Crippen molar-refractivity contribution in [3.63, 3.8) is 0 Å². The van der Waals surface area contributed by atoms with Gasteiger partial charge in [-0.25, -0.2) is 8.78 Å². The van der Waals surface area contributed by atoms with Gasteiger partial charge in [0.1, 0.15) is 5.38 Å². The summed E-state index contributed by atoms with van der Waals surface area (Å²) in [5.41, 5.74) is 0. The van der Waals surface area contributed by atoms with Crippen LogP contribution >= 0.6 is 23.2 Å². The standard InChI is InChI=1S/C5H4Cl2F2O/c6-3(4(7)10)2-1-5(2,8)9/h2-3H,1H2. The maximum atomic E-state index is 12.1. The Morgan fingerprint density at radius 1 is 1.70 bits per heavy atom. The Hall–Kier alpha value is 0.110. The van der Waals surface area contributed by atoms with Gasteiger partial charge in [0.05, 0.1) is 5.92 Å². The van der Waals surface area contributed by atoms with Crippen LogP contribution in [0.15, 0.2) is 0 Å². The molecule has 0 aromatic carbocycles. The lowest BCUT2D eigenvalue weighted by Crippen LogP contribution is -2.14. The van der Waals surface area contributed by atoms with Crippen LogP contribution in [0.3, 0.4) is 0 Å². The van der Waals surface area contributed by atoms with Gasteiger partial charge in [0, 0.05) is 6.42 Å². The third-order valence-corrected chi connectivity index (χ3v) is 2.29. The van der Waals surface area contributed by atoms with Gasteiger partial charge < -0.3 is 0 Å². The van der Waals surface area contributed by atoms with Gasteiger partial charge >= 0.3 is 0 Å². The molecule has 0 aromatic heterocycles. The highest BCUT2D eigenvalue weighted by atomic mass is 35.5. The predicted octanol–water partition coefficient (Wildman–Crippen LogP) is 2.01. The Kier molecular flexibility index (Phi) is 1.90. The molecule has 0 bridgehead atoms. The summed E-state index contributed by atoms with van der Waals surface area (Å²) in [6.45, 7) is 0. The van der Waals surface area contributed by atoms with Crippen LogP contribution in [-0.2, 0) is 4.79 Å². The van der Waals surface area contributed by atoms with Crippen LogP contribution in [0.5, 0.6) is 0 Å². The summed E-state index contributed by atoms with van der Waals surface area (Å²) in [5.74, 6) is -3.81. The summed E-state index contributed by atoms with van der Waals surface area (Å²) < 4.78 is 24.2. The highest BCUT2D eigenvalue weighted by Crippen LogP contribution is 2.52. The Labute approximate surface area is 66.3 Å². The highest BCUT2D eigenvalue weighted by Gasteiger charge is 2.61. The summed E-state index contributed by atoms with van der Waals surface area (Å²) in [5, 5.41) is -2.12. The van der Waals surface area contributed by atoms with Crippen LogP contribution in [-0.4, -0.2) is 16.5 Å². The van der Waals surface area contributed by atoms with Crippen molar-refractivity contribution in [2.24, 2.45) is 5.92 Å². The fourth-order valence-electron chi connectivity index (χ4n) is 0.710. The summed E-state index contributed by atoms with van der Waals surface area (Å²) in [6.07, 6.45) is -0.320. The lowest BCUT2D eigenvalue weighted by atomic mass is 10.3. The molecule has 58 valence electrons. The van der Waals surface area contributed by atoms with Gasteiger partial charge in [-0.15, -0.1) is 11.6 Å². The maximum Gasteiger partial charge on any atom is 0.253 e. The monoisotopic (exact) mass is 188 g/mol. The molecule has 5 heteroatoms. The molecule has 0 heterocycles. The highest BCUT2D eigenvalue weighted by molar-refractivity contribution is 6.69. The minimum Gasteiger partial charge on any atom is -0.280 e. The molecule has 2 unspecified atom stereocenters. The molecule has 0 N–H and O–H groups in total. The van der Waals surface area contributed by atoms with Crippen LogP contribution in [0.1, 0.15) is 6.42 Å². The minimum absolute atomic E-state index is 0.320. The van der Waals surface area contributed by atoms with Gasteiger partial charge in [-0.2, -0.15) is 0 Å². The number of hydrogen-bond donors (Lipinski definition) is 0. The minimum atomic E-state index is -2.77. The van der Waals surface area contributed by atoms with Gasteiger partial charge in [-0.05, 0) is 11.6 Å². The van der Waals surface area contributed by atoms with Crippen molar-refractivity contribution in [1.82, 2.24) is 0 Å². The van der Waals surface area contributed by atoms with E-state index < -0.39 is 22.5 Å². The van der Waals surface area contributed by atoms with Crippen molar-refractivity contribution in [2.45, 2.75) is 17.7 Å². The zero-order chi connectivity index (χ0) is 7.94. The number of rotatable bonds is 2. The third kappa shape index (κ3) is 1.40. The van der Waals surface area contributed by atoms with Crippen molar-refractivity contribution < 1.29 is 13.6 Å². The van der Waals surface area contributed by atoms with Gasteiger partial charge in [0.15, 0.2) is 0 Å². The van der Waals surface area contributed by atoms with E-state index in [0.717, 1.165) is 0 Å². The molecule has 1 fully saturated rings. The van der Waals surface area contributed by atoms with E-state index in [4.69, 9.17) is 23.2 Å². The second-order valence-corrected chi connectivity index (χ2v) is 3.12. The normalized spacial score (nSPS) is 31.4.